The summed E-state index contributed by atoms with van der Waals surface area (Å²) in [6, 6.07) is 11.3. The first-order valence-corrected chi connectivity index (χ1v) is 14.3. The summed E-state index contributed by atoms with van der Waals surface area (Å²) in [4.78, 5) is 25.1. The van der Waals surface area contributed by atoms with E-state index in [0.717, 1.165) is 36.6 Å². The number of hydrogen-bond acceptors (Lipinski definition) is 9. The maximum atomic E-state index is 12.8. The van der Waals surface area contributed by atoms with Crippen molar-refractivity contribution >= 4 is 50.7 Å². The van der Waals surface area contributed by atoms with E-state index in [0.29, 0.717) is 30.3 Å². The van der Waals surface area contributed by atoms with Gasteiger partial charge >= 0.3 is 0 Å². The summed E-state index contributed by atoms with van der Waals surface area (Å²) in [5, 5.41) is 13.0. The van der Waals surface area contributed by atoms with E-state index < -0.39 is 15.3 Å². The molecule has 11 nitrogen and oxygen atoms in total. The van der Waals surface area contributed by atoms with Crippen molar-refractivity contribution < 1.29 is 27.5 Å². The van der Waals surface area contributed by atoms with Crippen molar-refractivity contribution in [3.63, 3.8) is 0 Å². The molecule has 0 radical (unpaired) electrons. The van der Waals surface area contributed by atoms with Crippen molar-refractivity contribution in [3.8, 4) is 11.5 Å². The number of methoxy groups -OCH3 is 2. The largest absolute Gasteiger partial charge is 0.493 e. The number of nitrogens with zero attached hydrogens (tertiary/aromatic N) is 3. The van der Waals surface area contributed by atoms with Gasteiger partial charge in [-0.2, -0.15) is 9.41 Å². The van der Waals surface area contributed by atoms with E-state index in [9.17, 15) is 18.0 Å². The molecule has 0 unspecified atom stereocenters. The molecule has 4 rings (SSSR count). The van der Waals surface area contributed by atoms with Crippen molar-refractivity contribution in [1.82, 2.24) is 9.62 Å². The van der Waals surface area contributed by atoms with Gasteiger partial charge in [-0.1, -0.05) is 18.2 Å². The SMILES string of the molecule is COc1ccc(/C=N\N=C2\NC(=O)[C@@H](CC(=O)Nc3ccc(S(=O)(=O)N4CCCCC4)cc3)S2)cc1OC. The quantitative estimate of drug-likeness (QED) is 0.356. The summed E-state index contributed by atoms with van der Waals surface area (Å²) in [5.41, 5.74) is 1.18. The smallest absolute Gasteiger partial charge is 0.243 e. The van der Waals surface area contributed by atoms with Crippen LogP contribution in [0, 0.1) is 0 Å². The highest BCUT2D eigenvalue weighted by Crippen LogP contribution is 2.27. The molecule has 2 aromatic rings. The van der Waals surface area contributed by atoms with E-state index >= 15 is 0 Å². The molecule has 38 heavy (non-hydrogen) atoms. The molecule has 2 fully saturated rings. The van der Waals surface area contributed by atoms with Crippen LogP contribution in [-0.2, 0) is 19.6 Å². The number of carbonyl (C=O) groups is 2. The molecule has 2 N–H and O–H groups in total. The van der Waals surface area contributed by atoms with E-state index in [-0.39, 0.29) is 28.3 Å². The molecule has 2 aromatic carbocycles. The molecule has 2 amide bonds. The van der Waals surface area contributed by atoms with Gasteiger partial charge in [0.1, 0.15) is 5.25 Å². The van der Waals surface area contributed by atoms with Crippen LogP contribution in [0.15, 0.2) is 57.6 Å². The number of sulfonamides is 1. The Hall–Kier alpha value is -3.42. The van der Waals surface area contributed by atoms with Crippen LogP contribution in [0.3, 0.4) is 0 Å². The van der Waals surface area contributed by atoms with Gasteiger partial charge in [-0.15, -0.1) is 5.10 Å². The molecule has 2 saturated heterocycles. The molecule has 0 saturated carbocycles. The lowest BCUT2D eigenvalue weighted by Crippen LogP contribution is -2.35. The van der Waals surface area contributed by atoms with Crippen LogP contribution in [0.25, 0.3) is 0 Å². The van der Waals surface area contributed by atoms with Crippen molar-refractivity contribution in [1.29, 1.82) is 0 Å². The molecule has 0 aliphatic carbocycles. The molecule has 1 atom stereocenters. The summed E-state index contributed by atoms with van der Waals surface area (Å²) < 4.78 is 37.5. The lowest BCUT2D eigenvalue weighted by atomic mass is 10.2. The predicted octanol–water partition coefficient (Wildman–Crippen LogP) is 2.83. The number of benzene rings is 2. The first-order valence-electron chi connectivity index (χ1n) is 12.0. The fourth-order valence-corrected chi connectivity index (χ4v) is 6.45. The van der Waals surface area contributed by atoms with Gasteiger partial charge in [0, 0.05) is 25.2 Å². The first kappa shape index (κ1) is 27.6. The minimum absolute atomic E-state index is 0.0806. The Morgan fingerprint density at radius 2 is 1.82 bits per heavy atom. The third-order valence-electron chi connectivity index (χ3n) is 6.00. The first-order chi connectivity index (χ1) is 18.3. The number of ether oxygens (including phenoxy) is 2. The number of rotatable bonds is 9. The number of amides is 2. The number of piperidine rings is 1. The third-order valence-corrected chi connectivity index (χ3v) is 8.99. The van der Waals surface area contributed by atoms with E-state index in [1.807, 2.05) is 0 Å². The summed E-state index contributed by atoms with van der Waals surface area (Å²) in [7, 11) is -0.457. The Kier molecular flexibility index (Phi) is 9.02. The summed E-state index contributed by atoms with van der Waals surface area (Å²) in [5.74, 6) is 0.429. The molecule has 2 aliphatic heterocycles. The fourth-order valence-electron chi connectivity index (χ4n) is 4.01. The summed E-state index contributed by atoms with van der Waals surface area (Å²) in [6.45, 7) is 1.05. The average molecular weight is 560 g/mol. The predicted molar refractivity (Wildman–Crippen MR) is 146 cm³/mol. The lowest BCUT2D eigenvalue weighted by Gasteiger charge is -2.25. The average Bonchev–Trinajstić information content (AvgIpc) is 3.27. The van der Waals surface area contributed by atoms with Gasteiger partial charge in [-0.3, -0.25) is 9.59 Å². The summed E-state index contributed by atoms with van der Waals surface area (Å²) >= 11 is 1.11. The van der Waals surface area contributed by atoms with Crippen LogP contribution in [-0.4, -0.2) is 68.5 Å². The molecule has 0 spiro atoms. The fraction of sp³-hybridized carbons (Fsp3) is 0.360. The minimum atomic E-state index is -3.54. The zero-order chi connectivity index (χ0) is 27.1. The Morgan fingerprint density at radius 1 is 1.11 bits per heavy atom. The highest BCUT2D eigenvalue weighted by Gasteiger charge is 2.32. The van der Waals surface area contributed by atoms with Crippen LogP contribution in [0.2, 0.25) is 0 Å². The van der Waals surface area contributed by atoms with Crippen molar-refractivity contribution in [3.05, 3.63) is 48.0 Å². The number of hydrogen-bond donors (Lipinski definition) is 2. The maximum Gasteiger partial charge on any atom is 0.243 e. The topological polar surface area (TPSA) is 139 Å². The molecule has 0 bridgehead atoms. The minimum Gasteiger partial charge on any atom is -0.493 e. The zero-order valence-electron chi connectivity index (χ0n) is 21.0. The van der Waals surface area contributed by atoms with Gasteiger partial charge in [-0.05, 0) is 60.9 Å². The molecular formula is C25H29N5O6S2. The van der Waals surface area contributed by atoms with Gasteiger partial charge in [0.2, 0.25) is 21.8 Å². The van der Waals surface area contributed by atoms with Gasteiger partial charge in [0.15, 0.2) is 16.7 Å². The van der Waals surface area contributed by atoms with Crippen LogP contribution in [0.1, 0.15) is 31.2 Å². The maximum absolute atomic E-state index is 12.8. The monoisotopic (exact) mass is 559 g/mol. The van der Waals surface area contributed by atoms with Gasteiger partial charge in [0.05, 0.1) is 25.3 Å². The second-order valence-corrected chi connectivity index (χ2v) is 11.7. The van der Waals surface area contributed by atoms with Crippen molar-refractivity contribution in [2.24, 2.45) is 10.2 Å². The molecule has 202 valence electrons. The third kappa shape index (κ3) is 6.71. The standard InChI is InChI=1S/C25H29N5O6S2/c1-35-20-11-6-17(14-21(20)36-2)16-26-29-25-28-24(32)22(37-25)15-23(31)27-18-7-9-19(10-8-18)38(33,34)30-12-4-3-5-13-30/h6-11,14,16,22H,3-5,12-13,15H2,1-2H3,(H,27,31)(H,28,29,32)/b26-16-/t22-/m1/s1. The Bertz CT molecular complexity index is 1340. The molecule has 13 heteroatoms. The van der Waals surface area contributed by atoms with E-state index in [1.165, 1.54) is 29.8 Å². The summed E-state index contributed by atoms with van der Waals surface area (Å²) in [6.07, 6.45) is 4.18. The Morgan fingerprint density at radius 3 is 2.50 bits per heavy atom. The van der Waals surface area contributed by atoms with Crippen molar-refractivity contribution in [2.45, 2.75) is 35.8 Å². The Labute approximate surface area is 225 Å². The second kappa shape index (κ2) is 12.4. The van der Waals surface area contributed by atoms with Gasteiger partial charge in [-0.25, -0.2) is 8.42 Å². The van der Waals surface area contributed by atoms with E-state index in [4.69, 9.17) is 9.47 Å². The Balaban J connectivity index is 1.31. The normalized spacial score (nSPS) is 19.5. The molecular weight excluding hydrogens is 530 g/mol. The number of amidine groups is 1. The van der Waals surface area contributed by atoms with Crippen LogP contribution in [0.4, 0.5) is 5.69 Å². The number of thioether (sulfide) groups is 1. The lowest BCUT2D eigenvalue weighted by molar-refractivity contribution is -0.122. The number of nitrogens with one attached hydrogen (secondary N) is 2. The van der Waals surface area contributed by atoms with E-state index in [1.54, 1.807) is 37.4 Å². The molecule has 2 aliphatic rings. The molecule has 0 aromatic heterocycles. The zero-order valence-corrected chi connectivity index (χ0v) is 22.7. The van der Waals surface area contributed by atoms with Crippen LogP contribution in [0.5, 0.6) is 11.5 Å². The number of anilines is 1. The van der Waals surface area contributed by atoms with Crippen LogP contribution >= 0.6 is 11.8 Å². The van der Waals surface area contributed by atoms with Gasteiger partial charge < -0.3 is 20.1 Å². The molecule has 2 heterocycles. The van der Waals surface area contributed by atoms with Crippen molar-refractivity contribution in [2.75, 3.05) is 32.6 Å². The van der Waals surface area contributed by atoms with Gasteiger partial charge in [0.25, 0.3) is 0 Å². The van der Waals surface area contributed by atoms with E-state index in [2.05, 4.69) is 20.8 Å². The van der Waals surface area contributed by atoms with Crippen LogP contribution < -0.4 is 20.1 Å². The second-order valence-electron chi connectivity index (χ2n) is 8.60. The number of carbonyl (C=O) groups excluding carboxylic acids is 2. The highest BCUT2D eigenvalue weighted by atomic mass is 32.2. The highest BCUT2D eigenvalue weighted by molar-refractivity contribution is 8.15.